The van der Waals surface area contributed by atoms with Gasteiger partial charge in [-0.05, 0) is 24.1 Å². The molecule has 0 unspecified atom stereocenters. The lowest BCUT2D eigenvalue weighted by atomic mass is 10.0. The van der Waals surface area contributed by atoms with Gasteiger partial charge in [0.25, 0.3) is 0 Å². The topological polar surface area (TPSA) is 27.0 Å². The fourth-order valence-corrected chi connectivity index (χ4v) is 2.02. The number of halogens is 3. The predicted molar refractivity (Wildman–Crippen MR) is 53.0 cm³/mol. The van der Waals surface area contributed by atoms with Gasteiger partial charge in [-0.15, -0.1) is 0 Å². The number of nitrogens with zero attached hydrogens (tertiary/aromatic N) is 2. The molecule has 1 aliphatic heterocycles. The first-order valence-electron chi connectivity index (χ1n) is 4.85. The Morgan fingerprint density at radius 1 is 1.38 bits per heavy atom. The van der Waals surface area contributed by atoms with Crippen LogP contribution in [0.4, 0.5) is 18.9 Å². The minimum atomic E-state index is -4.31. The van der Waals surface area contributed by atoms with Crippen LogP contribution >= 0.6 is 0 Å². The fourth-order valence-electron chi connectivity index (χ4n) is 2.02. The highest BCUT2D eigenvalue weighted by molar-refractivity contribution is 5.61. The van der Waals surface area contributed by atoms with E-state index in [9.17, 15) is 13.2 Å². The van der Waals surface area contributed by atoms with Crippen molar-refractivity contribution in [3.05, 3.63) is 29.3 Å². The van der Waals surface area contributed by atoms with Crippen molar-refractivity contribution < 1.29 is 13.2 Å². The summed E-state index contributed by atoms with van der Waals surface area (Å²) < 4.78 is 38.0. The van der Waals surface area contributed by atoms with Crippen molar-refractivity contribution in [3.8, 4) is 6.07 Å². The lowest BCUT2D eigenvalue weighted by Crippen LogP contribution is -2.20. The fraction of sp³-hybridized carbons (Fsp3) is 0.364. The van der Waals surface area contributed by atoms with Gasteiger partial charge < -0.3 is 4.90 Å². The van der Waals surface area contributed by atoms with E-state index >= 15 is 0 Å². The molecule has 0 aliphatic carbocycles. The van der Waals surface area contributed by atoms with Gasteiger partial charge in [0.15, 0.2) is 0 Å². The number of fused-ring (bicyclic) bond motifs is 1. The molecule has 1 aromatic rings. The van der Waals surface area contributed by atoms with Gasteiger partial charge in [0, 0.05) is 12.2 Å². The van der Waals surface area contributed by atoms with Gasteiger partial charge in [0.2, 0.25) is 0 Å². The van der Waals surface area contributed by atoms with Crippen molar-refractivity contribution in [1.29, 1.82) is 5.26 Å². The Hall–Kier alpha value is -1.70. The third-order valence-electron chi connectivity index (χ3n) is 2.69. The molecular weight excluding hydrogens is 217 g/mol. The molecule has 2 rings (SSSR count). The van der Waals surface area contributed by atoms with E-state index < -0.39 is 11.7 Å². The molecule has 84 valence electrons. The monoisotopic (exact) mass is 226 g/mol. The van der Waals surface area contributed by atoms with Crippen molar-refractivity contribution in [2.24, 2.45) is 0 Å². The second-order valence-electron chi connectivity index (χ2n) is 3.63. The summed E-state index contributed by atoms with van der Waals surface area (Å²) in [6.45, 7) is 0.615. The summed E-state index contributed by atoms with van der Waals surface area (Å²) in [5.74, 6) is 0. The van der Waals surface area contributed by atoms with Crippen molar-refractivity contribution in [2.45, 2.75) is 12.6 Å². The Labute approximate surface area is 90.9 Å². The first-order valence-corrected chi connectivity index (χ1v) is 4.85. The summed E-state index contributed by atoms with van der Waals surface area (Å²) in [5, 5.41) is 8.57. The van der Waals surface area contributed by atoms with Crippen molar-refractivity contribution >= 4 is 5.69 Å². The SMILES string of the molecule is N#CCN1CCc2c1cccc2C(F)(F)F. The Morgan fingerprint density at radius 3 is 2.75 bits per heavy atom. The van der Waals surface area contributed by atoms with Crippen LogP contribution in [0.2, 0.25) is 0 Å². The molecule has 0 N–H and O–H groups in total. The molecule has 5 heteroatoms. The molecule has 0 spiro atoms. The molecule has 0 saturated carbocycles. The third-order valence-corrected chi connectivity index (χ3v) is 2.69. The van der Waals surface area contributed by atoms with Gasteiger partial charge in [-0.1, -0.05) is 6.07 Å². The number of nitriles is 1. The lowest BCUT2D eigenvalue weighted by Gasteiger charge is -2.16. The van der Waals surface area contributed by atoms with Gasteiger partial charge in [-0.25, -0.2) is 0 Å². The maximum atomic E-state index is 12.7. The van der Waals surface area contributed by atoms with Gasteiger partial charge in [0.1, 0.15) is 6.54 Å². The van der Waals surface area contributed by atoms with E-state index in [4.69, 9.17) is 5.26 Å². The summed E-state index contributed by atoms with van der Waals surface area (Å²) in [6, 6.07) is 6.07. The van der Waals surface area contributed by atoms with Crippen LogP contribution in [0, 0.1) is 11.3 Å². The van der Waals surface area contributed by atoms with Gasteiger partial charge >= 0.3 is 6.18 Å². The maximum Gasteiger partial charge on any atom is 0.416 e. The second-order valence-corrected chi connectivity index (χ2v) is 3.63. The zero-order chi connectivity index (χ0) is 11.8. The number of anilines is 1. The summed E-state index contributed by atoms with van der Waals surface area (Å²) in [5.41, 5.74) is 0.270. The molecule has 0 amide bonds. The van der Waals surface area contributed by atoms with Crippen LogP contribution in [-0.4, -0.2) is 13.1 Å². The minimum Gasteiger partial charge on any atom is -0.358 e. The summed E-state index contributed by atoms with van der Waals surface area (Å²) in [4.78, 5) is 1.67. The van der Waals surface area contributed by atoms with Crippen LogP contribution in [0.1, 0.15) is 11.1 Å². The van der Waals surface area contributed by atoms with E-state index in [0.29, 0.717) is 24.2 Å². The molecule has 0 saturated heterocycles. The zero-order valence-electron chi connectivity index (χ0n) is 8.38. The number of hydrogen-bond acceptors (Lipinski definition) is 2. The van der Waals surface area contributed by atoms with Gasteiger partial charge in [-0.2, -0.15) is 18.4 Å². The molecule has 2 nitrogen and oxygen atoms in total. The first-order chi connectivity index (χ1) is 7.54. The normalized spacial score (nSPS) is 14.8. The molecule has 1 heterocycles. The van der Waals surface area contributed by atoms with E-state index in [0.717, 1.165) is 6.07 Å². The molecule has 16 heavy (non-hydrogen) atoms. The summed E-state index contributed by atoms with van der Waals surface area (Å²) in [7, 11) is 0. The van der Waals surface area contributed by atoms with Crippen molar-refractivity contribution in [1.82, 2.24) is 0 Å². The molecule has 0 fully saturated rings. The molecular formula is C11H9F3N2. The molecule has 1 aliphatic rings. The minimum absolute atomic E-state index is 0.133. The summed E-state index contributed by atoms with van der Waals surface area (Å²) in [6.07, 6.45) is -3.96. The highest BCUT2D eigenvalue weighted by atomic mass is 19.4. The smallest absolute Gasteiger partial charge is 0.358 e. The first kappa shape index (κ1) is 10.8. The Bertz CT molecular complexity index is 446. The largest absolute Gasteiger partial charge is 0.416 e. The van der Waals surface area contributed by atoms with Gasteiger partial charge in [-0.3, -0.25) is 0 Å². The van der Waals surface area contributed by atoms with Gasteiger partial charge in [0.05, 0.1) is 11.6 Å². The highest BCUT2D eigenvalue weighted by Crippen LogP contribution is 2.39. The van der Waals surface area contributed by atoms with Crippen LogP contribution in [0.5, 0.6) is 0 Å². The molecule has 0 atom stereocenters. The Morgan fingerprint density at radius 2 is 2.12 bits per heavy atom. The maximum absolute atomic E-state index is 12.7. The third kappa shape index (κ3) is 1.71. The van der Waals surface area contributed by atoms with Crippen LogP contribution in [-0.2, 0) is 12.6 Å². The molecule has 0 bridgehead atoms. The lowest BCUT2D eigenvalue weighted by molar-refractivity contribution is -0.138. The van der Waals surface area contributed by atoms with Crippen LogP contribution in [0.3, 0.4) is 0 Å². The van der Waals surface area contributed by atoms with Crippen molar-refractivity contribution in [2.75, 3.05) is 18.0 Å². The van der Waals surface area contributed by atoms with Crippen LogP contribution in [0.15, 0.2) is 18.2 Å². The van der Waals surface area contributed by atoms with E-state index in [1.54, 1.807) is 11.0 Å². The Balaban J connectivity index is 2.45. The number of hydrogen-bond donors (Lipinski definition) is 0. The second kappa shape index (κ2) is 3.71. The van der Waals surface area contributed by atoms with E-state index in [2.05, 4.69) is 0 Å². The standard InChI is InChI=1S/C11H9F3N2/c12-11(13,14)9-2-1-3-10-8(9)4-6-16(10)7-5-15/h1-3H,4,6-7H2. The average molecular weight is 226 g/mol. The highest BCUT2D eigenvalue weighted by Gasteiger charge is 2.36. The number of benzene rings is 1. The summed E-state index contributed by atoms with van der Waals surface area (Å²) >= 11 is 0. The molecule has 1 aromatic carbocycles. The van der Waals surface area contributed by atoms with Crippen molar-refractivity contribution in [3.63, 3.8) is 0 Å². The van der Waals surface area contributed by atoms with Crippen LogP contribution < -0.4 is 4.90 Å². The molecule has 0 radical (unpaired) electrons. The molecule has 0 aromatic heterocycles. The average Bonchev–Trinajstić information content (AvgIpc) is 2.61. The predicted octanol–water partition coefficient (Wildman–Crippen LogP) is 2.59. The van der Waals surface area contributed by atoms with Crippen LogP contribution in [0.25, 0.3) is 0 Å². The number of alkyl halides is 3. The van der Waals surface area contributed by atoms with E-state index in [1.807, 2.05) is 6.07 Å². The van der Waals surface area contributed by atoms with E-state index in [-0.39, 0.29) is 6.54 Å². The Kier molecular flexibility index (Phi) is 2.50. The zero-order valence-corrected chi connectivity index (χ0v) is 8.38. The number of rotatable bonds is 1. The quantitative estimate of drug-likeness (QED) is 0.688. The van der Waals surface area contributed by atoms with E-state index in [1.165, 1.54) is 6.07 Å².